The molecule has 0 saturated heterocycles. The molecule has 1 aliphatic heterocycles. The molecule has 20 heavy (non-hydrogen) atoms. The fourth-order valence-electron chi connectivity index (χ4n) is 3.65. The van der Waals surface area contributed by atoms with Crippen LogP contribution in [0.4, 0.5) is 0 Å². The van der Waals surface area contributed by atoms with E-state index in [1.165, 1.54) is 24.8 Å². The Labute approximate surface area is 130 Å². The highest BCUT2D eigenvalue weighted by molar-refractivity contribution is 9.10. The number of benzene rings is 1. The molecular weight excluding hydrogens is 314 g/mol. The van der Waals surface area contributed by atoms with E-state index in [4.69, 9.17) is 4.74 Å². The summed E-state index contributed by atoms with van der Waals surface area (Å²) in [4.78, 5) is 0. The van der Waals surface area contributed by atoms with E-state index in [1.54, 1.807) is 0 Å². The molecule has 110 valence electrons. The molecule has 1 aromatic rings. The highest BCUT2D eigenvalue weighted by atomic mass is 79.9. The first-order valence-electron chi connectivity index (χ1n) is 7.80. The molecule has 0 spiro atoms. The third-order valence-electron chi connectivity index (χ3n) is 4.80. The maximum absolute atomic E-state index is 6.03. The third kappa shape index (κ3) is 3.20. The summed E-state index contributed by atoms with van der Waals surface area (Å²) in [6.07, 6.45) is 5.36. The van der Waals surface area contributed by atoms with E-state index in [-0.39, 0.29) is 0 Å². The van der Waals surface area contributed by atoms with Crippen molar-refractivity contribution in [2.75, 3.05) is 6.54 Å². The minimum Gasteiger partial charge on any atom is -0.488 e. The summed E-state index contributed by atoms with van der Waals surface area (Å²) in [6, 6.07) is 6.98. The summed E-state index contributed by atoms with van der Waals surface area (Å²) in [5, 5.41) is 3.75. The van der Waals surface area contributed by atoms with Crippen molar-refractivity contribution in [2.24, 2.45) is 11.8 Å². The highest BCUT2D eigenvalue weighted by Gasteiger charge is 2.28. The molecule has 0 amide bonds. The Morgan fingerprint density at radius 3 is 2.95 bits per heavy atom. The van der Waals surface area contributed by atoms with Gasteiger partial charge in [0.25, 0.3) is 0 Å². The van der Waals surface area contributed by atoms with Gasteiger partial charge in [-0.05, 0) is 54.9 Å². The second kappa shape index (κ2) is 6.07. The van der Waals surface area contributed by atoms with Crippen LogP contribution in [0.5, 0.6) is 5.75 Å². The molecule has 0 aromatic heterocycles. The lowest BCUT2D eigenvalue weighted by Crippen LogP contribution is -2.43. The molecule has 1 aliphatic carbocycles. The van der Waals surface area contributed by atoms with Gasteiger partial charge >= 0.3 is 0 Å². The third-order valence-corrected chi connectivity index (χ3v) is 5.30. The van der Waals surface area contributed by atoms with Gasteiger partial charge in [0.15, 0.2) is 0 Å². The predicted molar refractivity (Wildman–Crippen MR) is 86.2 cm³/mol. The van der Waals surface area contributed by atoms with Gasteiger partial charge in [0.1, 0.15) is 11.9 Å². The van der Waals surface area contributed by atoms with Crippen molar-refractivity contribution in [3.63, 3.8) is 0 Å². The fraction of sp³-hybridized carbons (Fsp3) is 0.647. The SMILES string of the molecule is CC1CCC(NCC2Cc3cc(Br)ccc3O2)C(C)C1. The standard InChI is InChI=1S/C17H24BrNO/c1-11-3-5-16(12(2)7-11)19-10-15-9-13-8-14(18)4-6-17(13)20-15/h4,6,8,11-12,15-16,19H,3,5,7,9-10H2,1-2H3. The van der Waals surface area contributed by atoms with Crippen molar-refractivity contribution < 1.29 is 4.74 Å². The molecule has 1 N–H and O–H groups in total. The van der Waals surface area contributed by atoms with Crippen LogP contribution in [-0.2, 0) is 6.42 Å². The Morgan fingerprint density at radius 2 is 2.15 bits per heavy atom. The van der Waals surface area contributed by atoms with Gasteiger partial charge in [-0.1, -0.05) is 29.8 Å². The lowest BCUT2D eigenvalue weighted by Gasteiger charge is -2.33. The molecular formula is C17H24BrNO. The van der Waals surface area contributed by atoms with E-state index in [2.05, 4.69) is 53.3 Å². The monoisotopic (exact) mass is 337 g/mol. The lowest BCUT2D eigenvalue weighted by atomic mass is 9.80. The van der Waals surface area contributed by atoms with E-state index in [9.17, 15) is 0 Å². The van der Waals surface area contributed by atoms with Crippen molar-refractivity contribution in [1.82, 2.24) is 5.32 Å². The van der Waals surface area contributed by atoms with E-state index in [0.717, 1.165) is 35.0 Å². The minimum absolute atomic E-state index is 0.297. The molecule has 4 atom stereocenters. The van der Waals surface area contributed by atoms with Crippen molar-refractivity contribution in [2.45, 2.75) is 51.7 Å². The van der Waals surface area contributed by atoms with Gasteiger partial charge in [0.05, 0.1) is 0 Å². The summed E-state index contributed by atoms with van der Waals surface area (Å²) in [7, 11) is 0. The molecule has 3 rings (SSSR count). The molecule has 1 saturated carbocycles. The Bertz CT molecular complexity index is 476. The van der Waals surface area contributed by atoms with Crippen LogP contribution in [0.25, 0.3) is 0 Å². The largest absolute Gasteiger partial charge is 0.488 e. The van der Waals surface area contributed by atoms with Gasteiger partial charge in [0, 0.05) is 23.5 Å². The number of nitrogens with one attached hydrogen (secondary N) is 1. The summed E-state index contributed by atoms with van der Waals surface area (Å²) in [6.45, 7) is 5.73. The van der Waals surface area contributed by atoms with Gasteiger partial charge in [-0.3, -0.25) is 0 Å². The maximum Gasteiger partial charge on any atom is 0.123 e. The Kier molecular flexibility index (Phi) is 4.37. The number of hydrogen-bond donors (Lipinski definition) is 1. The van der Waals surface area contributed by atoms with E-state index in [1.807, 2.05) is 0 Å². The lowest BCUT2D eigenvalue weighted by molar-refractivity contribution is 0.184. The van der Waals surface area contributed by atoms with Crippen LogP contribution >= 0.6 is 15.9 Å². The van der Waals surface area contributed by atoms with Gasteiger partial charge in [-0.25, -0.2) is 0 Å². The first-order chi connectivity index (χ1) is 9.61. The zero-order valence-corrected chi connectivity index (χ0v) is 13.9. The normalized spacial score (nSPS) is 32.8. The molecule has 1 heterocycles. The number of ether oxygens (including phenoxy) is 1. The Hall–Kier alpha value is -0.540. The summed E-state index contributed by atoms with van der Waals surface area (Å²) >= 11 is 3.53. The van der Waals surface area contributed by atoms with Crippen LogP contribution in [0.2, 0.25) is 0 Å². The molecule has 2 aliphatic rings. The van der Waals surface area contributed by atoms with Crippen LogP contribution in [0, 0.1) is 11.8 Å². The van der Waals surface area contributed by atoms with Crippen LogP contribution in [0.15, 0.2) is 22.7 Å². The molecule has 3 heteroatoms. The zero-order chi connectivity index (χ0) is 14.1. The predicted octanol–water partition coefficient (Wildman–Crippen LogP) is 4.17. The average Bonchev–Trinajstić information content (AvgIpc) is 2.79. The topological polar surface area (TPSA) is 21.3 Å². The van der Waals surface area contributed by atoms with Gasteiger partial charge in [-0.15, -0.1) is 0 Å². The second-order valence-electron chi connectivity index (χ2n) is 6.61. The zero-order valence-electron chi connectivity index (χ0n) is 12.4. The maximum atomic E-state index is 6.03. The molecule has 1 fully saturated rings. The van der Waals surface area contributed by atoms with Crippen LogP contribution in [0.1, 0.15) is 38.7 Å². The minimum atomic E-state index is 0.297. The van der Waals surface area contributed by atoms with Crippen molar-refractivity contribution in [1.29, 1.82) is 0 Å². The van der Waals surface area contributed by atoms with E-state index < -0.39 is 0 Å². The van der Waals surface area contributed by atoms with Gasteiger partial charge in [0.2, 0.25) is 0 Å². The molecule has 2 nitrogen and oxygen atoms in total. The first kappa shape index (κ1) is 14.4. The van der Waals surface area contributed by atoms with E-state index >= 15 is 0 Å². The smallest absolute Gasteiger partial charge is 0.123 e. The Balaban J connectivity index is 1.51. The Morgan fingerprint density at radius 1 is 1.30 bits per heavy atom. The van der Waals surface area contributed by atoms with E-state index in [0.29, 0.717) is 12.1 Å². The summed E-state index contributed by atoms with van der Waals surface area (Å²) in [5.74, 6) is 2.74. The van der Waals surface area contributed by atoms with Crippen LogP contribution in [0.3, 0.4) is 0 Å². The molecule has 0 radical (unpaired) electrons. The van der Waals surface area contributed by atoms with Crippen LogP contribution in [-0.4, -0.2) is 18.7 Å². The number of fused-ring (bicyclic) bond motifs is 1. The second-order valence-corrected chi connectivity index (χ2v) is 7.52. The van der Waals surface area contributed by atoms with Crippen LogP contribution < -0.4 is 10.1 Å². The highest BCUT2D eigenvalue weighted by Crippen LogP contribution is 2.32. The fourth-order valence-corrected chi connectivity index (χ4v) is 4.06. The van der Waals surface area contributed by atoms with Crippen molar-refractivity contribution >= 4 is 15.9 Å². The van der Waals surface area contributed by atoms with Crippen molar-refractivity contribution in [3.8, 4) is 5.75 Å². The quantitative estimate of drug-likeness (QED) is 0.893. The number of hydrogen-bond acceptors (Lipinski definition) is 2. The molecule has 4 unspecified atom stereocenters. The molecule has 1 aromatic carbocycles. The van der Waals surface area contributed by atoms with Gasteiger partial charge in [-0.2, -0.15) is 0 Å². The number of rotatable bonds is 3. The summed E-state index contributed by atoms with van der Waals surface area (Å²) < 4.78 is 7.17. The first-order valence-corrected chi connectivity index (χ1v) is 8.59. The van der Waals surface area contributed by atoms with Gasteiger partial charge < -0.3 is 10.1 Å². The number of halogens is 1. The summed E-state index contributed by atoms with van der Waals surface area (Å²) in [5.41, 5.74) is 1.33. The van der Waals surface area contributed by atoms with Crippen molar-refractivity contribution in [3.05, 3.63) is 28.2 Å². The average molecular weight is 338 g/mol. The molecule has 0 bridgehead atoms.